The van der Waals surface area contributed by atoms with Crippen molar-refractivity contribution in [3.8, 4) is 11.5 Å². The fraction of sp³-hybridized carbons (Fsp3) is 0.318. The van der Waals surface area contributed by atoms with Gasteiger partial charge < -0.3 is 19.5 Å². The lowest BCUT2D eigenvalue weighted by Gasteiger charge is -2.17. The highest BCUT2D eigenvalue weighted by Gasteiger charge is 2.13. The van der Waals surface area contributed by atoms with Gasteiger partial charge in [-0.25, -0.2) is 10.2 Å². The standard InChI is InChI=1S/C22H25N3O5/c1-2-29-20-13-16(5-10-19(20)30-15-21(26)27)14-23-24-22(28)17-6-8-18(9-7-17)25-11-3-4-12-25/h5-10,13-14H,2-4,11-12,15H2,1H3,(H,24,28)(H,26,27)/b23-14-. The maximum absolute atomic E-state index is 12.3. The number of nitrogens with zero attached hydrogens (tertiary/aromatic N) is 2. The van der Waals surface area contributed by atoms with Gasteiger partial charge in [-0.05, 0) is 67.8 Å². The van der Waals surface area contributed by atoms with Gasteiger partial charge in [0.05, 0.1) is 12.8 Å². The molecule has 0 aromatic heterocycles. The fourth-order valence-electron chi connectivity index (χ4n) is 3.16. The van der Waals surface area contributed by atoms with Gasteiger partial charge in [0.15, 0.2) is 18.1 Å². The summed E-state index contributed by atoms with van der Waals surface area (Å²) >= 11 is 0. The van der Waals surface area contributed by atoms with Gasteiger partial charge in [-0.15, -0.1) is 0 Å². The van der Waals surface area contributed by atoms with Crippen molar-refractivity contribution in [1.29, 1.82) is 0 Å². The van der Waals surface area contributed by atoms with Gasteiger partial charge in [0, 0.05) is 24.3 Å². The zero-order valence-electron chi connectivity index (χ0n) is 16.8. The molecule has 0 radical (unpaired) electrons. The normalized spacial score (nSPS) is 13.4. The molecule has 0 spiro atoms. The number of rotatable bonds is 9. The summed E-state index contributed by atoms with van der Waals surface area (Å²) in [6.07, 6.45) is 3.89. The summed E-state index contributed by atoms with van der Waals surface area (Å²) in [5.41, 5.74) is 4.84. The van der Waals surface area contributed by atoms with Gasteiger partial charge in [0.1, 0.15) is 0 Å². The van der Waals surface area contributed by atoms with Crippen molar-refractivity contribution in [2.75, 3.05) is 31.2 Å². The quantitative estimate of drug-likeness (QED) is 0.486. The summed E-state index contributed by atoms with van der Waals surface area (Å²) < 4.78 is 10.7. The average Bonchev–Trinajstić information content (AvgIpc) is 3.28. The third kappa shape index (κ3) is 5.73. The number of nitrogens with one attached hydrogen (secondary N) is 1. The van der Waals surface area contributed by atoms with Gasteiger partial charge >= 0.3 is 5.97 Å². The van der Waals surface area contributed by atoms with Crippen LogP contribution in [0.5, 0.6) is 11.5 Å². The van der Waals surface area contributed by atoms with Crippen molar-refractivity contribution in [3.63, 3.8) is 0 Å². The molecule has 0 bridgehead atoms. The van der Waals surface area contributed by atoms with E-state index in [1.54, 1.807) is 30.3 Å². The minimum absolute atomic E-state index is 0.300. The predicted molar refractivity (Wildman–Crippen MR) is 114 cm³/mol. The van der Waals surface area contributed by atoms with Crippen LogP contribution in [0.15, 0.2) is 47.6 Å². The molecule has 30 heavy (non-hydrogen) atoms. The van der Waals surface area contributed by atoms with E-state index in [1.165, 1.54) is 19.1 Å². The van der Waals surface area contributed by atoms with Crippen molar-refractivity contribution >= 4 is 23.8 Å². The van der Waals surface area contributed by atoms with Crippen molar-refractivity contribution in [2.45, 2.75) is 19.8 Å². The van der Waals surface area contributed by atoms with Crippen molar-refractivity contribution in [3.05, 3.63) is 53.6 Å². The Morgan fingerprint density at radius 1 is 1.10 bits per heavy atom. The summed E-state index contributed by atoms with van der Waals surface area (Å²) in [6.45, 7) is 3.87. The van der Waals surface area contributed by atoms with Gasteiger partial charge in [-0.3, -0.25) is 4.79 Å². The summed E-state index contributed by atoms with van der Waals surface area (Å²) in [5.74, 6) is -0.630. The summed E-state index contributed by atoms with van der Waals surface area (Å²) in [6, 6.07) is 12.5. The van der Waals surface area contributed by atoms with E-state index in [9.17, 15) is 9.59 Å². The first-order valence-electron chi connectivity index (χ1n) is 9.86. The van der Waals surface area contributed by atoms with Gasteiger partial charge in [-0.2, -0.15) is 5.10 Å². The lowest BCUT2D eigenvalue weighted by atomic mass is 10.2. The molecule has 2 aromatic rings. The zero-order valence-corrected chi connectivity index (χ0v) is 16.8. The van der Waals surface area contributed by atoms with Crippen molar-refractivity contribution < 1.29 is 24.2 Å². The summed E-state index contributed by atoms with van der Waals surface area (Å²) in [5, 5.41) is 12.8. The van der Waals surface area contributed by atoms with Gasteiger partial charge in [0.2, 0.25) is 0 Å². The van der Waals surface area contributed by atoms with E-state index in [4.69, 9.17) is 14.6 Å². The number of carboxylic acid groups (broad SMARTS) is 1. The highest BCUT2D eigenvalue weighted by molar-refractivity contribution is 5.95. The zero-order chi connectivity index (χ0) is 21.3. The molecule has 158 valence electrons. The number of anilines is 1. The first kappa shape index (κ1) is 21.2. The largest absolute Gasteiger partial charge is 0.490 e. The number of carbonyl (C=O) groups is 2. The second kappa shape index (κ2) is 10.3. The number of hydrogen-bond donors (Lipinski definition) is 2. The van der Waals surface area contributed by atoms with E-state index in [0.717, 1.165) is 18.8 Å². The molecule has 0 atom stereocenters. The van der Waals surface area contributed by atoms with Crippen LogP contribution in [-0.2, 0) is 4.79 Å². The molecule has 1 aliphatic heterocycles. The van der Waals surface area contributed by atoms with Crippen LogP contribution < -0.4 is 19.8 Å². The number of aliphatic carboxylic acids is 1. The van der Waals surface area contributed by atoms with E-state index >= 15 is 0 Å². The summed E-state index contributed by atoms with van der Waals surface area (Å²) in [7, 11) is 0. The van der Waals surface area contributed by atoms with Gasteiger partial charge in [0.25, 0.3) is 5.91 Å². The molecule has 8 nitrogen and oxygen atoms in total. The molecule has 1 saturated heterocycles. The Morgan fingerprint density at radius 3 is 2.50 bits per heavy atom. The Bertz CT molecular complexity index is 905. The lowest BCUT2D eigenvalue weighted by Crippen LogP contribution is -2.19. The van der Waals surface area contributed by atoms with Crippen LogP contribution in [0.2, 0.25) is 0 Å². The number of hydrogen-bond acceptors (Lipinski definition) is 6. The van der Waals surface area contributed by atoms with E-state index in [0.29, 0.717) is 29.2 Å². The molecule has 3 rings (SSSR count). The number of hydrazone groups is 1. The topological polar surface area (TPSA) is 100 Å². The molecule has 0 unspecified atom stereocenters. The Morgan fingerprint density at radius 2 is 1.83 bits per heavy atom. The van der Waals surface area contributed by atoms with E-state index in [1.807, 2.05) is 19.1 Å². The van der Waals surface area contributed by atoms with Crippen LogP contribution in [-0.4, -0.2) is 49.5 Å². The maximum atomic E-state index is 12.3. The first-order chi connectivity index (χ1) is 14.6. The molecule has 2 N–H and O–H groups in total. The van der Waals surface area contributed by atoms with Crippen LogP contribution in [0.25, 0.3) is 0 Å². The van der Waals surface area contributed by atoms with Gasteiger partial charge in [-0.1, -0.05) is 0 Å². The van der Waals surface area contributed by atoms with Crippen LogP contribution in [0, 0.1) is 0 Å². The minimum Gasteiger partial charge on any atom is -0.490 e. The third-order valence-corrected chi connectivity index (χ3v) is 4.60. The van der Waals surface area contributed by atoms with Crippen molar-refractivity contribution in [2.24, 2.45) is 5.10 Å². The maximum Gasteiger partial charge on any atom is 0.341 e. The molecule has 1 heterocycles. The SMILES string of the molecule is CCOc1cc(/C=N\NC(=O)c2ccc(N3CCCC3)cc2)ccc1OCC(=O)O. The Balaban J connectivity index is 1.60. The van der Waals surface area contributed by atoms with Crippen LogP contribution in [0.3, 0.4) is 0 Å². The van der Waals surface area contributed by atoms with Crippen molar-refractivity contribution in [1.82, 2.24) is 5.43 Å². The van der Waals surface area contributed by atoms with Crippen LogP contribution in [0.4, 0.5) is 5.69 Å². The molecule has 1 aliphatic rings. The lowest BCUT2D eigenvalue weighted by molar-refractivity contribution is -0.139. The molecule has 2 aromatic carbocycles. The monoisotopic (exact) mass is 411 g/mol. The number of ether oxygens (including phenoxy) is 2. The Hall–Kier alpha value is -3.55. The molecule has 8 heteroatoms. The van der Waals surface area contributed by atoms with E-state index < -0.39 is 12.6 Å². The highest BCUT2D eigenvalue weighted by Crippen LogP contribution is 2.28. The molecular formula is C22H25N3O5. The van der Waals surface area contributed by atoms with E-state index in [-0.39, 0.29) is 5.91 Å². The molecule has 1 amide bonds. The predicted octanol–water partition coefficient (Wildman–Crippen LogP) is 2.91. The number of amides is 1. The average molecular weight is 411 g/mol. The molecule has 1 fully saturated rings. The number of carboxylic acids is 1. The second-order valence-electron chi connectivity index (χ2n) is 6.76. The fourth-order valence-corrected chi connectivity index (χ4v) is 3.16. The molecule has 0 saturated carbocycles. The minimum atomic E-state index is -1.07. The Labute approximate surface area is 175 Å². The molecule has 0 aliphatic carbocycles. The number of carbonyl (C=O) groups excluding carboxylic acids is 1. The van der Waals surface area contributed by atoms with Crippen LogP contribution in [0.1, 0.15) is 35.7 Å². The summed E-state index contributed by atoms with van der Waals surface area (Å²) in [4.78, 5) is 25.3. The van der Waals surface area contributed by atoms with E-state index in [2.05, 4.69) is 15.4 Å². The van der Waals surface area contributed by atoms with Crippen LogP contribution >= 0.6 is 0 Å². The Kier molecular flexibility index (Phi) is 7.26. The number of benzene rings is 2. The first-order valence-corrected chi connectivity index (χ1v) is 9.86. The smallest absolute Gasteiger partial charge is 0.341 e. The molecular weight excluding hydrogens is 386 g/mol. The third-order valence-electron chi connectivity index (χ3n) is 4.60. The highest BCUT2D eigenvalue weighted by atomic mass is 16.5. The second-order valence-corrected chi connectivity index (χ2v) is 6.76.